The molecule has 0 saturated heterocycles. The van der Waals surface area contributed by atoms with E-state index in [2.05, 4.69) is 18.6 Å². The molecule has 0 aliphatic carbocycles. The number of carbonyl (C=O) groups excluding carboxylic acids is 2. The van der Waals surface area contributed by atoms with Crippen LogP contribution in [0, 0.1) is 5.92 Å². The highest BCUT2D eigenvalue weighted by Crippen LogP contribution is 2.24. The Hall–Kier alpha value is -1.73. The minimum absolute atomic E-state index is 0.00379. The number of benzene rings is 1. The maximum Gasteiger partial charge on any atom is 0.261 e. The fourth-order valence-corrected chi connectivity index (χ4v) is 3.79. The zero-order valence-corrected chi connectivity index (χ0v) is 14.6. The number of carbonyl (C=O) groups is 2. The lowest BCUT2D eigenvalue weighted by Gasteiger charge is -2.15. The third kappa shape index (κ3) is 3.61. The topological polar surface area (TPSA) is 83.6 Å². The molecule has 0 fully saturated rings. The smallest absolute Gasteiger partial charge is 0.261 e. The minimum Gasteiger partial charge on any atom is -0.277 e. The summed E-state index contributed by atoms with van der Waals surface area (Å²) in [7, 11) is -2.34. The van der Waals surface area contributed by atoms with E-state index >= 15 is 0 Å². The van der Waals surface area contributed by atoms with Crippen LogP contribution in [0.1, 0.15) is 54.3 Å². The molecule has 6 nitrogen and oxygen atoms in total. The predicted molar refractivity (Wildman–Crippen MR) is 86.7 cm³/mol. The Morgan fingerprint density at radius 2 is 1.65 bits per heavy atom. The highest BCUT2D eigenvalue weighted by atomic mass is 32.2. The third-order valence-corrected chi connectivity index (χ3v) is 5.49. The van der Waals surface area contributed by atoms with E-state index < -0.39 is 21.8 Å². The van der Waals surface area contributed by atoms with Gasteiger partial charge in [-0.25, -0.2) is 13.1 Å². The number of amides is 2. The van der Waals surface area contributed by atoms with E-state index in [1.807, 2.05) is 6.92 Å². The van der Waals surface area contributed by atoms with Gasteiger partial charge in [-0.3, -0.25) is 14.5 Å². The van der Waals surface area contributed by atoms with E-state index in [1.54, 1.807) is 0 Å². The zero-order chi connectivity index (χ0) is 17.4. The van der Waals surface area contributed by atoms with Crippen molar-refractivity contribution in [1.29, 1.82) is 0 Å². The second-order valence-corrected chi connectivity index (χ2v) is 8.08. The quantitative estimate of drug-likeness (QED) is 0.804. The van der Waals surface area contributed by atoms with Crippen molar-refractivity contribution in [1.82, 2.24) is 9.62 Å². The number of fused-ring (bicyclic) bond motifs is 1. The third-order valence-electron chi connectivity index (χ3n) is 3.90. The van der Waals surface area contributed by atoms with Crippen molar-refractivity contribution < 1.29 is 18.0 Å². The molecule has 1 N–H and O–H groups in total. The predicted octanol–water partition coefficient (Wildman–Crippen LogP) is 2.02. The van der Waals surface area contributed by atoms with Crippen LogP contribution in [0.3, 0.4) is 0 Å². The van der Waals surface area contributed by atoms with Gasteiger partial charge in [-0.2, -0.15) is 0 Å². The molecule has 1 aliphatic rings. The molecule has 1 aliphatic heterocycles. The molecule has 0 bridgehead atoms. The van der Waals surface area contributed by atoms with E-state index in [0.29, 0.717) is 5.92 Å². The Labute approximate surface area is 136 Å². The first-order valence-electron chi connectivity index (χ1n) is 7.62. The minimum atomic E-state index is -3.72. The van der Waals surface area contributed by atoms with Crippen molar-refractivity contribution in [3.8, 4) is 0 Å². The SMILES string of the molecule is CC(C)CCC(C)NS(=O)(=O)c1ccc2c(c1)C(=O)N(C)C2=O. The summed E-state index contributed by atoms with van der Waals surface area (Å²) in [5.74, 6) is -0.386. The van der Waals surface area contributed by atoms with E-state index in [9.17, 15) is 18.0 Å². The Balaban J connectivity index is 2.22. The summed E-state index contributed by atoms with van der Waals surface area (Å²) >= 11 is 0. The van der Waals surface area contributed by atoms with Gasteiger partial charge < -0.3 is 0 Å². The van der Waals surface area contributed by atoms with E-state index in [0.717, 1.165) is 17.7 Å². The second kappa shape index (κ2) is 6.41. The van der Waals surface area contributed by atoms with Gasteiger partial charge in [0.1, 0.15) is 0 Å². The van der Waals surface area contributed by atoms with Crippen LogP contribution in [0.2, 0.25) is 0 Å². The first-order valence-corrected chi connectivity index (χ1v) is 9.10. The Morgan fingerprint density at radius 3 is 2.26 bits per heavy atom. The van der Waals surface area contributed by atoms with Gasteiger partial charge in [0, 0.05) is 13.1 Å². The molecule has 1 aromatic rings. The standard InChI is InChI=1S/C16H22N2O4S/c1-10(2)5-6-11(3)17-23(21,22)12-7-8-13-14(9-12)16(20)18(4)15(13)19/h7-11,17H,5-6H2,1-4H3. The molecule has 2 amide bonds. The Kier molecular flexibility index (Phi) is 4.91. The number of imide groups is 1. The van der Waals surface area contributed by atoms with E-state index in [1.165, 1.54) is 25.2 Å². The first kappa shape index (κ1) is 17.6. The van der Waals surface area contributed by atoms with Crippen LogP contribution < -0.4 is 4.72 Å². The van der Waals surface area contributed by atoms with Gasteiger partial charge >= 0.3 is 0 Å². The number of hydrogen-bond donors (Lipinski definition) is 1. The Bertz CT molecular complexity index is 740. The molecule has 0 saturated carbocycles. The summed E-state index contributed by atoms with van der Waals surface area (Å²) in [6.45, 7) is 5.98. The van der Waals surface area contributed by atoms with Crippen molar-refractivity contribution in [3.63, 3.8) is 0 Å². The van der Waals surface area contributed by atoms with Gasteiger partial charge in [0.05, 0.1) is 16.0 Å². The van der Waals surface area contributed by atoms with Crippen LogP contribution in [-0.2, 0) is 10.0 Å². The number of hydrogen-bond acceptors (Lipinski definition) is 4. The lowest BCUT2D eigenvalue weighted by atomic mass is 10.1. The molecule has 1 atom stereocenters. The maximum atomic E-state index is 12.4. The van der Waals surface area contributed by atoms with Crippen LogP contribution in [0.5, 0.6) is 0 Å². The number of rotatable bonds is 6. The molecule has 1 heterocycles. The summed E-state index contributed by atoms with van der Waals surface area (Å²) in [6.07, 6.45) is 1.66. The average molecular weight is 338 g/mol. The van der Waals surface area contributed by atoms with E-state index in [-0.39, 0.29) is 22.1 Å². The maximum absolute atomic E-state index is 12.4. The number of nitrogens with zero attached hydrogens (tertiary/aromatic N) is 1. The van der Waals surface area contributed by atoms with Gasteiger partial charge in [-0.05, 0) is 43.9 Å². The summed E-state index contributed by atoms with van der Waals surface area (Å²) in [4.78, 5) is 24.8. The molecule has 7 heteroatoms. The van der Waals surface area contributed by atoms with Gasteiger partial charge in [0.25, 0.3) is 11.8 Å². The van der Waals surface area contributed by atoms with Crippen LogP contribution in [0.15, 0.2) is 23.1 Å². The second-order valence-electron chi connectivity index (χ2n) is 6.37. The van der Waals surface area contributed by atoms with E-state index in [4.69, 9.17) is 0 Å². The first-order chi connectivity index (χ1) is 10.6. The molecular formula is C16H22N2O4S. The molecule has 23 heavy (non-hydrogen) atoms. The van der Waals surface area contributed by atoms with Crippen LogP contribution in [-0.4, -0.2) is 38.2 Å². The van der Waals surface area contributed by atoms with Crippen molar-refractivity contribution in [2.24, 2.45) is 5.92 Å². The molecule has 0 spiro atoms. The fraction of sp³-hybridized carbons (Fsp3) is 0.500. The molecule has 0 aromatic heterocycles. The van der Waals surface area contributed by atoms with Gasteiger partial charge in [0.15, 0.2) is 0 Å². The molecule has 0 radical (unpaired) electrons. The molecule has 1 unspecified atom stereocenters. The molecule has 1 aromatic carbocycles. The fourth-order valence-electron chi connectivity index (χ4n) is 2.48. The van der Waals surface area contributed by atoms with Crippen LogP contribution >= 0.6 is 0 Å². The van der Waals surface area contributed by atoms with Gasteiger partial charge in [-0.15, -0.1) is 0 Å². The van der Waals surface area contributed by atoms with Crippen molar-refractivity contribution in [2.75, 3.05) is 7.05 Å². The van der Waals surface area contributed by atoms with Crippen LogP contribution in [0.4, 0.5) is 0 Å². The number of sulfonamides is 1. The monoisotopic (exact) mass is 338 g/mol. The summed E-state index contributed by atoms with van der Waals surface area (Å²) < 4.78 is 27.5. The highest BCUT2D eigenvalue weighted by Gasteiger charge is 2.34. The van der Waals surface area contributed by atoms with Crippen molar-refractivity contribution in [2.45, 2.75) is 44.6 Å². The Morgan fingerprint density at radius 1 is 1.04 bits per heavy atom. The lowest BCUT2D eigenvalue weighted by Crippen LogP contribution is -2.32. The highest BCUT2D eigenvalue weighted by molar-refractivity contribution is 7.89. The van der Waals surface area contributed by atoms with Crippen molar-refractivity contribution in [3.05, 3.63) is 29.3 Å². The summed E-state index contributed by atoms with van der Waals surface area (Å²) in [5.41, 5.74) is 0.375. The number of nitrogens with one attached hydrogen (secondary N) is 1. The molecule has 126 valence electrons. The van der Waals surface area contributed by atoms with Gasteiger partial charge in [0.2, 0.25) is 10.0 Å². The van der Waals surface area contributed by atoms with Crippen LogP contribution in [0.25, 0.3) is 0 Å². The molecular weight excluding hydrogens is 316 g/mol. The van der Waals surface area contributed by atoms with Gasteiger partial charge in [-0.1, -0.05) is 13.8 Å². The summed E-state index contributed by atoms with van der Waals surface area (Å²) in [5, 5.41) is 0. The lowest BCUT2D eigenvalue weighted by molar-refractivity contribution is 0.0693. The normalized spacial score (nSPS) is 16.1. The van der Waals surface area contributed by atoms with Crippen molar-refractivity contribution >= 4 is 21.8 Å². The summed E-state index contributed by atoms with van der Waals surface area (Å²) in [6, 6.07) is 3.83. The zero-order valence-electron chi connectivity index (χ0n) is 13.8. The average Bonchev–Trinajstić information content (AvgIpc) is 2.69. The largest absolute Gasteiger partial charge is 0.277 e. The molecule has 2 rings (SSSR count).